The van der Waals surface area contributed by atoms with Crippen molar-refractivity contribution < 1.29 is 17.9 Å². The third-order valence-electron chi connectivity index (χ3n) is 4.60. The Balaban J connectivity index is 1.57. The molecule has 28 heavy (non-hydrogen) atoms. The molecule has 0 aliphatic carbocycles. The van der Waals surface area contributed by atoms with Crippen LogP contribution >= 0.6 is 0 Å². The Morgan fingerprint density at radius 3 is 2.18 bits per heavy atom. The number of hydrogen-bond acceptors (Lipinski definition) is 4. The van der Waals surface area contributed by atoms with E-state index in [0.29, 0.717) is 25.4 Å². The molecule has 2 aromatic rings. The van der Waals surface area contributed by atoms with Crippen molar-refractivity contribution in [1.29, 1.82) is 0 Å². The fourth-order valence-electron chi connectivity index (χ4n) is 2.99. The number of amides is 2. The monoisotopic (exact) mass is 403 g/mol. The van der Waals surface area contributed by atoms with Crippen molar-refractivity contribution in [3.63, 3.8) is 0 Å². The number of anilines is 1. The Hall–Kier alpha value is -2.58. The van der Waals surface area contributed by atoms with E-state index in [9.17, 15) is 13.2 Å². The molecule has 1 saturated heterocycles. The SMILES string of the molecule is CCOc1ccc(NC(=O)N2CCN(S(=O)(=O)c3ccc(C)cc3)CC2)cc1. The smallest absolute Gasteiger partial charge is 0.321 e. The molecule has 0 bridgehead atoms. The second-order valence-electron chi connectivity index (χ2n) is 6.59. The van der Waals surface area contributed by atoms with Crippen LogP contribution in [0.15, 0.2) is 53.4 Å². The summed E-state index contributed by atoms with van der Waals surface area (Å²) in [5, 5.41) is 2.84. The minimum Gasteiger partial charge on any atom is -0.494 e. The van der Waals surface area contributed by atoms with E-state index in [0.717, 1.165) is 11.3 Å². The molecule has 1 aliphatic heterocycles. The number of urea groups is 1. The summed E-state index contributed by atoms with van der Waals surface area (Å²) >= 11 is 0. The average Bonchev–Trinajstić information content (AvgIpc) is 2.70. The summed E-state index contributed by atoms with van der Waals surface area (Å²) in [5.41, 5.74) is 1.68. The molecule has 7 nitrogen and oxygen atoms in total. The fourth-order valence-corrected chi connectivity index (χ4v) is 4.42. The van der Waals surface area contributed by atoms with Crippen molar-refractivity contribution in [3.05, 3.63) is 54.1 Å². The molecule has 1 fully saturated rings. The van der Waals surface area contributed by atoms with Crippen LogP contribution in [0.3, 0.4) is 0 Å². The summed E-state index contributed by atoms with van der Waals surface area (Å²) in [4.78, 5) is 14.4. The molecular formula is C20H25N3O4S. The van der Waals surface area contributed by atoms with E-state index in [-0.39, 0.29) is 24.0 Å². The molecule has 0 radical (unpaired) electrons. The summed E-state index contributed by atoms with van der Waals surface area (Å²) in [7, 11) is -3.54. The summed E-state index contributed by atoms with van der Waals surface area (Å²) in [6.45, 7) is 5.63. The van der Waals surface area contributed by atoms with Crippen molar-refractivity contribution in [2.24, 2.45) is 0 Å². The first-order chi connectivity index (χ1) is 13.4. The molecule has 150 valence electrons. The van der Waals surface area contributed by atoms with Crippen molar-refractivity contribution in [3.8, 4) is 5.75 Å². The predicted octanol–water partition coefficient (Wildman–Crippen LogP) is 2.93. The second-order valence-corrected chi connectivity index (χ2v) is 8.53. The molecule has 0 unspecified atom stereocenters. The predicted molar refractivity (Wildman–Crippen MR) is 108 cm³/mol. The first kappa shape index (κ1) is 20.2. The van der Waals surface area contributed by atoms with Crippen LogP contribution in [0.2, 0.25) is 0 Å². The number of piperazine rings is 1. The van der Waals surface area contributed by atoms with E-state index in [4.69, 9.17) is 4.74 Å². The fraction of sp³-hybridized carbons (Fsp3) is 0.350. The Morgan fingerprint density at radius 2 is 1.61 bits per heavy atom. The van der Waals surface area contributed by atoms with Gasteiger partial charge in [-0.2, -0.15) is 4.31 Å². The molecule has 0 spiro atoms. The van der Waals surface area contributed by atoms with Crippen LogP contribution in [0.25, 0.3) is 0 Å². The van der Waals surface area contributed by atoms with E-state index in [1.54, 1.807) is 53.4 Å². The maximum absolute atomic E-state index is 12.7. The second kappa shape index (κ2) is 8.62. The molecule has 0 atom stereocenters. The number of nitrogens with one attached hydrogen (secondary N) is 1. The zero-order valence-electron chi connectivity index (χ0n) is 16.1. The Morgan fingerprint density at radius 1 is 1.00 bits per heavy atom. The third kappa shape index (κ3) is 4.63. The van der Waals surface area contributed by atoms with Crippen molar-refractivity contribution in [1.82, 2.24) is 9.21 Å². The number of ether oxygens (including phenoxy) is 1. The highest BCUT2D eigenvalue weighted by atomic mass is 32.2. The lowest BCUT2D eigenvalue weighted by atomic mass is 10.2. The molecule has 8 heteroatoms. The summed E-state index contributed by atoms with van der Waals surface area (Å²) < 4.78 is 32.3. The number of benzene rings is 2. The Labute approximate surface area is 166 Å². The Bertz CT molecular complexity index is 903. The molecule has 1 aliphatic rings. The lowest BCUT2D eigenvalue weighted by Crippen LogP contribution is -2.51. The van der Waals surface area contributed by atoms with Gasteiger partial charge in [-0.05, 0) is 50.2 Å². The van der Waals surface area contributed by atoms with Gasteiger partial charge in [-0.1, -0.05) is 17.7 Å². The van der Waals surface area contributed by atoms with Gasteiger partial charge in [-0.15, -0.1) is 0 Å². The van der Waals surface area contributed by atoms with Gasteiger partial charge in [0.25, 0.3) is 0 Å². The van der Waals surface area contributed by atoms with Crippen molar-refractivity contribution in [2.75, 3.05) is 38.1 Å². The van der Waals surface area contributed by atoms with Crippen LogP contribution in [-0.4, -0.2) is 56.4 Å². The number of sulfonamides is 1. The lowest BCUT2D eigenvalue weighted by molar-refractivity contribution is 0.184. The molecule has 0 saturated carbocycles. The average molecular weight is 404 g/mol. The topological polar surface area (TPSA) is 79.0 Å². The van der Waals surface area contributed by atoms with Crippen LogP contribution in [0.1, 0.15) is 12.5 Å². The quantitative estimate of drug-likeness (QED) is 0.833. The summed E-state index contributed by atoms with van der Waals surface area (Å²) in [6, 6.07) is 13.7. The van der Waals surface area contributed by atoms with E-state index >= 15 is 0 Å². The maximum Gasteiger partial charge on any atom is 0.321 e. The van der Waals surface area contributed by atoms with E-state index in [1.165, 1.54) is 4.31 Å². The van der Waals surface area contributed by atoms with E-state index in [2.05, 4.69) is 5.32 Å². The third-order valence-corrected chi connectivity index (χ3v) is 6.51. The number of aryl methyl sites for hydroxylation is 1. The van der Waals surface area contributed by atoms with Crippen molar-refractivity contribution >= 4 is 21.7 Å². The van der Waals surface area contributed by atoms with Crippen LogP contribution in [0, 0.1) is 6.92 Å². The number of carbonyl (C=O) groups is 1. The van der Waals surface area contributed by atoms with E-state index in [1.807, 2.05) is 13.8 Å². The van der Waals surface area contributed by atoms with Gasteiger partial charge in [0.05, 0.1) is 11.5 Å². The van der Waals surface area contributed by atoms with Gasteiger partial charge >= 0.3 is 6.03 Å². The summed E-state index contributed by atoms with van der Waals surface area (Å²) in [5.74, 6) is 0.746. The van der Waals surface area contributed by atoms with Crippen molar-refractivity contribution in [2.45, 2.75) is 18.7 Å². The molecule has 0 aromatic heterocycles. The number of carbonyl (C=O) groups excluding carboxylic acids is 1. The zero-order valence-corrected chi connectivity index (χ0v) is 16.9. The minimum atomic E-state index is -3.54. The van der Waals surface area contributed by atoms with Gasteiger partial charge in [0.1, 0.15) is 5.75 Å². The molecule has 1 heterocycles. The van der Waals surface area contributed by atoms with Crippen LogP contribution < -0.4 is 10.1 Å². The summed E-state index contributed by atoms with van der Waals surface area (Å²) in [6.07, 6.45) is 0. The van der Waals surface area contributed by atoms with Crippen LogP contribution in [0.5, 0.6) is 5.75 Å². The highest BCUT2D eigenvalue weighted by molar-refractivity contribution is 7.89. The van der Waals surface area contributed by atoms with Gasteiger partial charge < -0.3 is 15.0 Å². The highest BCUT2D eigenvalue weighted by Crippen LogP contribution is 2.19. The van der Waals surface area contributed by atoms with Gasteiger partial charge in [-0.25, -0.2) is 13.2 Å². The number of nitrogens with zero attached hydrogens (tertiary/aromatic N) is 2. The number of hydrogen-bond donors (Lipinski definition) is 1. The lowest BCUT2D eigenvalue weighted by Gasteiger charge is -2.34. The minimum absolute atomic E-state index is 0.239. The largest absolute Gasteiger partial charge is 0.494 e. The Kier molecular flexibility index (Phi) is 6.21. The molecular weight excluding hydrogens is 378 g/mol. The first-order valence-electron chi connectivity index (χ1n) is 9.26. The zero-order chi connectivity index (χ0) is 20.1. The molecule has 1 N–H and O–H groups in total. The molecule has 2 aromatic carbocycles. The van der Waals surface area contributed by atoms with Gasteiger partial charge in [-0.3, -0.25) is 0 Å². The normalized spacial score (nSPS) is 15.3. The highest BCUT2D eigenvalue weighted by Gasteiger charge is 2.30. The molecule has 3 rings (SSSR count). The van der Waals surface area contributed by atoms with Gasteiger partial charge in [0.15, 0.2) is 0 Å². The maximum atomic E-state index is 12.7. The number of rotatable bonds is 5. The first-order valence-corrected chi connectivity index (χ1v) is 10.7. The standard InChI is InChI=1S/C20H25N3O4S/c1-3-27-18-8-6-17(7-9-18)21-20(24)22-12-14-23(15-13-22)28(25,26)19-10-4-16(2)5-11-19/h4-11H,3,12-15H2,1-2H3,(H,21,24). The van der Waals surface area contributed by atoms with Gasteiger partial charge in [0.2, 0.25) is 10.0 Å². The van der Waals surface area contributed by atoms with Gasteiger partial charge in [0, 0.05) is 31.9 Å². The van der Waals surface area contributed by atoms with Crippen LogP contribution in [0.4, 0.5) is 10.5 Å². The van der Waals surface area contributed by atoms with E-state index < -0.39 is 10.0 Å². The molecule has 2 amide bonds. The van der Waals surface area contributed by atoms with Crippen LogP contribution in [-0.2, 0) is 10.0 Å².